The molecule has 1 atom stereocenters. The van der Waals surface area contributed by atoms with Crippen LogP contribution in [0.4, 0.5) is 5.13 Å². The summed E-state index contributed by atoms with van der Waals surface area (Å²) in [6.07, 6.45) is 0.466. The van der Waals surface area contributed by atoms with Crippen LogP contribution in [0, 0.1) is 13.8 Å². The number of anilines is 1. The van der Waals surface area contributed by atoms with E-state index in [-0.39, 0.29) is 5.91 Å². The SMILES string of the molecule is CCC(C(=O)Nc1nc2ccc(Cl)cc2s1)n1c(C)cc(C)nc1=O. The van der Waals surface area contributed by atoms with E-state index in [9.17, 15) is 9.59 Å². The van der Waals surface area contributed by atoms with Crippen molar-refractivity contribution in [2.24, 2.45) is 0 Å². The predicted molar refractivity (Wildman–Crippen MR) is 101 cm³/mol. The van der Waals surface area contributed by atoms with Crippen molar-refractivity contribution in [3.05, 3.63) is 51.2 Å². The van der Waals surface area contributed by atoms with Crippen molar-refractivity contribution in [1.29, 1.82) is 0 Å². The third kappa shape index (κ3) is 3.57. The topological polar surface area (TPSA) is 76.9 Å². The number of benzene rings is 1. The van der Waals surface area contributed by atoms with Gasteiger partial charge < -0.3 is 5.32 Å². The molecule has 0 radical (unpaired) electrons. The Morgan fingerprint density at radius 2 is 2.08 bits per heavy atom. The highest BCUT2D eigenvalue weighted by molar-refractivity contribution is 7.22. The molecule has 25 heavy (non-hydrogen) atoms. The number of nitrogens with one attached hydrogen (secondary N) is 1. The summed E-state index contributed by atoms with van der Waals surface area (Å²) in [6, 6.07) is 6.51. The summed E-state index contributed by atoms with van der Waals surface area (Å²) in [7, 11) is 0. The molecule has 1 unspecified atom stereocenters. The molecule has 8 heteroatoms. The Hall–Kier alpha value is -2.25. The third-order valence-corrected chi connectivity index (χ3v) is 5.03. The monoisotopic (exact) mass is 376 g/mol. The fourth-order valence-electron chi connectivity index (χ4n) is 2.76. The van der Waals surface area contributed by atoms with Gasteiger partial charge in [0.1, 0.15) is 6.04 Å². The molecule has 2 aromatic heterocycles. The largest absolute Gasteiger partial charge is 0.348 e. The lowest BCUT2D eigenvalue weighted by atomic mass is 10.2. The van der Waals surface area contributed by atoms with Crippen molar-refractivity contribution in [2.75, 3.05) is 5.32 Å². The van der Waals surface area contributed by atoms with Gasteiger partial charge >= 0.3 is 5.69 Å². The normalized spacial score (nSPS) is 12.3. The second kappa shape index (κ2) is 6.93. The maximum absolute atomic E-state index is 12.7. The molecular weight excluding hydrogens is 360 g/mol. The molecule has 3 rings (SSSR count). The quantitative estimate of drug-likeness (QED) is 0.752. The van der Waals surface area contributed by atoms with E-state index in [4.69, 9.17) is 11.6 Å². The average Bonchev–Trinajstić information content (AvgIpc) is 2.91. The van der Waals surface area contributed by atoms with Crippen molar-refractivity contribution in [3.63, 3.8) is 0 Å². The summed E-state index contributed by atoms with van der Waals surface area (Å²) in [4.78, 5) is 33.3. The van der Waals surface area contributed by atoms with E-state index >= 15 is 0 Å². The van der Waals surface area contributed by atoms with Crippen LogP contribution in [0.5, 0.6) is 0 Å². The van der Waals surface area contributed by atoms with Crippen LogP contribution in [0.15, 0.2) is 29.1 Å². The third-order valence-electron chi connectivity index (χ3n) is 3.86. The molecule has 1 aromatic carbocycles. The van der Waals surface area contributed by atoms with Gasteiger partial charge in [0.05, 0.1) is 10.2 Å². The number of nitrogens with zero attached hydrogens (tertiary/aromatic N) is 3. The highest BCUT2D eigenvalue weighted by Crippen LogP contribution is 2.29. The zero-order valence-corrected chi connectivity index (χ0v) is 15.6. The number of hydrogen-bond donors (Lipinski definition) is 1. The molecular formula is C17H17ClN4O2S. The molecule has 1 N–H and O–H groups in total. The second-order valence-electron chi connectivity index (χ2n) is 5.74. The number of rotatable bonds is 4. The number of hydrogen-bond acceptors (Lipinski definition) is 5. The van der Waals surface area contributed by atoms with E-state index < -0.39 is 11.7 Å². The first kappa shape index (κ1) is 17.6. The van der Waals surface area contributed by atoms with Crippen LogP contribution in [0.2, 0.25) is 5.02 Å². The van der Waals surface area contributed by atoms with E-state index in [0.717, 1.165) is 10.2 Å². The summed E-state index contributed by atoms with van der Waals surface area (Å²) in [5.74, 6) is -0.288. The number of fused-ring (bicyclic) bond motifs is 1. The van der Waals surface area contributed by atoms with Gasteiger partial charge in [-0.15, -0.1) is 0 Å². The maximum atomic E-state index is 12.7. The van der Waals surface area contributed by atoms with Gasteiger partial charge in [-0.3, -0.25) is 9.36 Å². The highest BCUT2D eigenvalue weighted by atomic mass is 35.5. The number of aryl methyl sites for hydroxylation is 2. The van der Waals surface area contributed by atoms with Gasteiger partial charge in [0, 0.05) is 16.4 Å². The summed E-state index contributed by atoms with van der Waals surface area (Å²) in [5.41, 5.74) is 1.69. The molecule has 6 nitrogen and oxygen atoms in total. The van der Waals surface area contributed by atoms with Crippen LogP contribution in [-0.2, 0) is 4.79 Å². The Morgan fingerprint density at radius 1 is 1.32 bits per heavy atom. The van der Waals surface area contributed by atoms with Gasteiger partial charge in [-0.1, -0.05) is 29.9 Å². The molecule has 3 aromatic rings. The first-order valence-corrected chi connectivity index (χ1v) is 9.02. The van der Waals surface area contributed by atoms with Gasteiger partial charge in [-0.2, -0.15) is 4.98 Å². The Balaban J connectivity index is 1.91. The smallest absolute Gasteiger partial charge is 0.300 e. The van der Waals surface area contributed by atoms with Crippen molar-refractivity contribution < 1.29 is 4.79 Å². The van der Waals surface area contributed by atoms with Crippen LogP contribution >= 0.6 is 22.9 Å². The van der Waals surface area contributed by atoms with Crippen LogP contribution in [0.1, 0.15) is 30.8 Å². The highest BCUT2D eigenvalue weighted by Gasteiger charge is 2.23. The number of thiazole rings is 1. The lowest BCUT2D eigenvalue weighted by molar-refractivity contribution is -0.119. The zero-order valence-electron chi connectivity index (χ0n) is 14.0. The summed E-state index contributed by atoms with van der Waals surface area (Å²) >= 11 is 7.32. The van der Waals surface area contributed by atoms with Gasteiger partial charge in [0.2, 0.25) is 5.91 Å². The minimum absolute atomic E-state index is 0.288. The first-order valence-electron chi connectivity index (χ1n) is 7.82. The van der Waals surface area contributed by atoms with E-state index in [1.54, 1.807) is 38.1 Å². The molecule has 0 saturated carbocycles. The molecule has 0 aliphatic rings. The minimum Gasteiger partial charge on any atom is -0.300 e. The van der Waals surface area contributed by atoms with Crippen molar-refractivity contribution in [1.82, 2.24) is 14.5 Å². The van der Waals surface area contributed by atoms with E-state index in [1.165, 1.54) is 15.9 Å². The summed E-state index contributed by atoms with van der Waals surface area (Å²) < 4.78 is 2.31. The number of aromatic nitrogens is 3. The fraction of sp³-hybridized carbons (Fsp3) is 0.294. The molecule has 1 amide bonds. The summed E-state index contributed by atoms with van der Waals surface area (Å²) in [6.45, 7) is 5.41. The average molecular weight is 377 g/mol. The van der Waals surface area contributed by atoms with Crippen molar-refractivity contribution in [3.8, 4) is 0 Å². The Kier molecular flexibility index (Phi) is 4.87. The number of carbonyl (C=O) groups is 1. The Labute approximate surface area is 153 Å². The molecule has 2 heterocycles. The number of halogens is 1. The molecule has 0 fully saturated rings. The number of carbonyl (C=O) groups excluding carboxylic acids is 1. The zero-order chi connectivity index (χ0) is 18.1. The van der Waals surface area contributed by atoms with Gasteiger partial charge in [0.25, 0.3) is 0 Å². The lowest BCUT2D eigenvalue weighted by Crippen LogP contribution is -2.36. The molecule has 0 bridgehead atoms. The van der Waals surface area contributed by atoms with E-state index in [1.807, 2.05) is 6.92 Å². The van der Waals surface area contributed by atoms with Crippen LogP contribution < -0.4 is 11.0 Å². The molecule has 130 valence electrons. The van der Waals surface area contributed by atoms with Crippen molar-refractivity contribution >= 4 is 44.2 Å². The second-order valence-corrected chi connectivity index (χ2v) is 7.20. The van der Waals surface area contributed by atoms with Gasteiger partial charge in [-0.05, 0) is 44.5 Å². The van der Waals surface area contributed by atoms with Crippen LogP contribution in [0.25, 0.3) is 10.2 Å². The van der Waals surface area contributed by atoms with Crippen molar-refractivity contribution in [2.45, 2.75) is 33.2 Å². The molecule has 0 aliphatic carbocycles. The van der Waals surface area contributed by atoms with Gasteiger partial charge in [-0.25, -0.2) is 9.78 Å². The van der Waals surface area contributed by atoms with E-state index in [2.05, 4.69) is 15.3 Å². The van der Waals surface area contributed by atoms with E-state index in [0.29, 0.717) is 28.0 Å². The first-order chi connectivity index (χ1) is 11.9. The van der Waals surface area contributed by atoms with Crippen LogP contribution in [-0.4, -0.2) is 20.4 Å². The fourth-order valence-corrected chi connectivity index (χ4v) is 3.91. The summed E-state index contributed by atoms with van der Waals surface area (Å²) in [5, 5.41) is 3.90. The molecule has 0 aliphatic heterocycles. The van der Waals surface area contributed by atoms with Crippen LogP contribution in [0.3, 0.4) is 0 Å². The Morgan fingerprint density at radius 3 is 2.76 bits per heavy atom. The predicted octanol–water partition coefficient (Wildman–Crippen LogP) is 3.71. The van der Waals surface area contributed by atoms with Gasteiger partial charge in [0.15, 0.2) is 5.13 Å². The lowest BCUT2D eigenvalue weighted by Gasteiger charge is -2.19. The maximum Gasteiger partial charge on any atom is 0.348 e. The minimum atomic E-state index is -0.642. The standard InChI is InChI=1S/C17H17ClN4O2S/c1-4-13(22-10(3)7-9(2)19-17(22)24)15(23)21-16-20-12-6-5-11(18)8-14(12)25-16/h5-8,13H,4H2,1-3H3,(H,20,21,23). The molecule has 0 saturated heterocycles. The molecule has 0 spiro atoms. The number of amides is 1. The Bertz CT molecular complexity index is 1010.